The van der Waals surface area contributed by atoms with Gasteiger partial charge in [-0.25, -0.2) is 4.98 Å². The van der Waals surface area contributed by atoms with Crippen LogP contribution in [0.1, 0.15) is 18.1 Å². The zero-order valence-corrected chi connectivity index (χ0v) is 14.5. The Kier molecular flexibility index (Phi) is 4.80. The van der Waals surface area contributed by atoms with Crippen LogP contribution in [0, 0.1) is 6.92 Å². The van der Waals surface area contributed by atoms with Crippen LogP contribution in [0.3, 0.4) is 0 Å². The maximum atomic E-state index is 4.52. The Morgan fingerprint density at radius 2 is 1.79 bits per heavy atom. The molecule has 0 aliphatic rings. The summed E-state index contributed by atoms with van der Waals surface area (Å²) < 4.78 is 2.10. The Bertz CT molecular complexity index is 827. The fraction of sp³-hybridized carbons (Fsp3) is 0.190. The highest BCUT2D eigenvalue weighted by atomic mass is 15.2. The van der Waals surface area contributed by atoms with Gasteiger partial charge in [0.05, 0.1) is 11.9 Å². The highest BCUT2D eigenvalue weighted by molar-refractivity contribution is 5.62. The third kappa shape index (κ3) is 3.74. The standard InChI is InChI=1S/C21H23N3/c1-16-9-11-19(12-10-16)20-15-23-21(24(20)3)22-14-17(2)13-18-7-5-4-6-8-18/h4-13,15H,14H2,1-3H3,(H,22,23)/b17-13+. The van der Waals surface area contributed by atoms with Crippen molar-refractivity contribution in [3.05, 3.63) is 77.5 Å². The van der Waals surface area contributed by atoms with E-state index in [2.05, 4.69) is 83.3 Å². The molecule has 0 saturated carbocycles. The van der Waals surface area contributed by atoms with E-state index in [-0.39, 0.29) is 0 Å². The van der Waals surface area contributed by atoms with Gasteiger partial charge >= 0.3 is 0 Å². The number of rotatable bonds is 5. The average molecular weight is 317 g/mol. The molecular formula is C21H23N3. The maximum absolute atomic E-state index is 4.52. The zero-order valence-electron chi connectivity index (χ0n) is 14.5. The molecule has 0 spiro atoms. The molecule has 122 valence electrons. The molecule has 0 saturated heterocycles. The molecule has 0 aliphatic heterocycles. The first-order valence-electron chi connectivity index (χ1n) is 8.18. The lowest BCUT2D eigenvalue weighted by atomic mass is 10.1. The Labute approximate surface area is 143 Å². The van der Waals surface area contributed by atoms with E-state index in [9.17, 15) is 0 Å². The molecule has 0 amide bonds. The van der Waals surface area contributed by atoms with Gasteiger partial charge < -0.3 is 9.88 Å². The molecule has 0 atom stereocenters. The Morgan fingerprint density at radius 3 is 2.50 bits per heavy atom. The lowest BCUT2D eigenvalue weighted by Gasteiger charge is -2.09. The summed E-state index contributed by atoms with van der Waals surface area (Å²) in [5, 5.41) is 3.42. The minimum atomic E-state index is 0.771. The van der Waals surface area contributed by atoms with Crippen molar-refractivity contribution >= 4 is 12.0 Å². The fourth-order valence-electron chi connectivity index (χ4n) is 2.67. The molecule has 0 unspecified atom stereocenters. The van der Waals surface area contributed by atoms with Gasteiger partial charge in [-0.2, -0.15) is 0 Å². The van der Waals surface area contributed by atoms with Crippen molar-refractivity contribution in [1.29, 1.82) is 0 Å². The summed E-state index contributed by atoms with van der Waals surface area (Å²) in [5.74, 6) is 0.881. The number of anilines is 1. The van der Waals surface area contributed by atoms with Gasteiger partial charge in [-0.1, -0.05) is 71.8 Å². The molecule has 2 aromatic carbocycles. The predicted octanol–water partition coefficient (Wildman–Crippen LogP) is 4.91. The second-order valence-electron chi connectivity index (χ2n) is 6.15. The number of imidazole rings is 1. The summed E-state index contributed by atoms with van der Waals surface area (Å²) in [7, 11) is 2.04. The highest BCUT2D eigenvalue weighted by Crippen LogP contribution is 2.22. The van der Waals surface area contributed by atoms with Crippen molar-refractivity contribution in [2.24, 2.45) is 7.05 Å². The maximum Gasteiger partial charge on any atom is 0.203 e. The van der Waals surface area contributed by atoms with Crippen LogP contribution in [0.2, 0.25) is 0 Å². The summed E-state index contributed by atoms with van der Waals surface area (Å²) in [6.07, 6.45) is 4.11. The summed E-state index contributed by atoms with van der Waals surface area (Å²) in [5.41, 5.74) is 6.04. The fourth-order valence-corrected chi connectivity index (χ4v) is 2.67. The molecule has 3 rings (SSSR count). The number of hydrogen-bond acceptors (Lipinski definition) is 2. The second-order valence-corrected chi connectivity index (χ2v) is 6.15. The predicted molar refractivity (Wildman–Crippen MR) is 102 cm³/mol. The molecule has 0 aliphatic carbocycles. The van der Waals surface area contributed by atoms with Crippen molar-refractivity contribution in [3.8, 4) is 11.3 Å². The van der Waals surface area contributed by atoms with Gasteiger partial charge in [-0.3, -0.25) is 0 Å². The van der Waals surface area contributed by atoms with Crippen molar-refractivity contribution in [1.82, 2.24) is 9.55 Å². The summed E-state index contributed by atoms with van der Waals surface area (Å²) in [6, 6.07) is 18.9. The molecule has 3 heteroatoms. The van der Waals surface area contributed by atoms with Crippen LogP contribution in [0.4, 0.5) is 5.95 Å². The number of nitrogens with zero attached hydrogens (tertiary/aromatic N) is 2. The van der Waals surface area contributed by atoms with Gasteiger partial charge in [-0.15, -0.1) is 0 Å². The molecular weight excluding hydrogens is 294 g/mol. The second kappa shape index (κ2) is 7.18. The van der Waals surface area contributed by atoms with Gasteiger partial charge in [0.25, 0.3) is 0 Å². The highest BCUT2D eigenvalue weighted by Gasteiger charge is 2.08. The third-order valence-corrected chi connectivity index (χ3v) is 4.07. The van der Waals surface area contributed by atoms with Crippen LogP contribution in [0.25, 0.3) is 17.3 Å². The number of aryl methyl sites for hydroxylation is 1. The SMILES string of the molecule is C/C(=C\c1ccccc1)CNc1ncc(-c2ccc(C)cc2)n1C. The van der Waals surface area contributed by atoms with Gasteiger partial charge in [0.1, 0.15) is 0 Å². The molecule has 1 heterocycles. The van der Waals surface area contributed by atoms with E-state index in [0.717, 1.165) is 18.2 Å². The van der Waals surface area contributed by atoms with E-state index in [0.29, 0.717) is 0 Å². The van der Waals surface area contributed by atoms with Crippen molar-refractivity contribution in [3.63, 3.8) is 0 Å². The van der Waals surface area contributed by atoms with Crippen molar-refractivity contribution in [2.45, 2.75) is 13.8 Å². The van der Waals surface area contributed by atoms with E-state index in [1.54, 1.807) is 0 Å². The summed E-state index contributed by atoms with van der Waals surface area (Å²) >= 11 is 0. The Balaban J connectivity index is 1.70. The van der Waals surface area contributed by atoms with Gasteiger partial charge in [-0.05, 0) is 25.0 Å². The molecule has 1 N–H and O–H groups in total. The number of hydrogen-bond donors (Lipinski definition) is 1. The summed E-state index contributed by atoms with van der Waals surface area (Å²) in [6.45, 7) is 5.00. The van der Waals surface area contributed by atoms with Gasteiger partial charge in [0, 0.05) is 13.6 Å². The van der Waals surface area contributed by atoms with Crippen LogP contribution in [0.15, 0.2) is 66.4 Å². The van der Waals surface area contributed by atoms with Gasteiger partial charge in [0.15, 0.2) is 0 Å². The lowest BCUT2D eigenvalue weighted by molar-refractivity contribution is 0.916. The van der Waals surface area contributed by atoms with Crippen molar-refractivity contribution < 1.29 is 0 Å². The Morgan fingerprint density at radius 1 is 1.08 bits per heavy atom. The smallest absolute Gasteiger partial charge is 0.203 e. The first-order valence-corrected chi connectivity index (χ1v) is 8.18. The lowest BCUT2D eigenvalue weighted by Crippen LogP contribution is -2.08. The van der Waals surface area contributed by atoms with Crippen molar-refractivity contribution in [2.75, 3.05) is 11.9 Å². The van der Waals surface area contributed by atoms with E-state index in [1.807, 2.05) is 19.3 Å². The van der Waals surface area contributed by atoms with Crippen LogP contribution in [-0.4, -0.2) is 16.1 Å². The number of aromatic nitrogens is 2. The van der Waals surface area contributed by atoms with E-state index < -0.39 is 0 Å². The molecule has 0 radical (unpaired) electrons. The monoisotopic (exact) mass is 317 g/mol. The number of nitrogens with one attached hydrogen (secondary N) is 1. The largest absolute Gasteiger partial charge is 0.352 e. The molecule has 1 aromatic heterocycles. The normalized spacial score (nSPS) is 11.5. The molecule has 0 fully saturated rings. The number of benzene rings is 2. The third-order valence-electron chi connectivity index (χ3n) is 4.07. The zero-order chi connectivity index (χ0) is 16.9. The first-order chi connectivity index (χ1) is 11.6. The molecule has 0 bridgehead atoms. The minimum Gasteiger partial charge on any atom is -0.352 e. The molecule has 24 heavy (non-hydrogen) atoms. The van der Waals surface area contributed by atoms with Crippen LogP contribution in [-0.2, 0) is 7.05 Å². The molecule has 3 aromatic rings. The molecule has 3 nitrogen and oxygen atoms in total. The van der Waals surface area contributed by atoms with Crippen LogP contribution < -0.4 is 5.32 Å². The summed E-state index contributed by atoms with van der Waals surface area (Å²) in [4.78, 5) is 4.52. The first kappa shape index (κ1) is 16.1. The van der Waals surface area contributed by atoms with Gasteiger partial charge in [0.2, 0.25) is 5.95 Å². The van der Waals surface area contributed by atoms with E-state index in [4.69, 9.17) is 0 Å². The van der Waals surface area contributed by atoms with Crippen LogP contribution in [0.5, 0.6) is 0 Å². The topological polar surface area (TPSA) is 29.9 Å². The minimum absolute atomic E-state index is 0.771. The Hall–Kier alpha value is -2.81. The van der Waals surface area contributed by atoms with E-state index in [1.165, 1.54) is 22.3 Å². The average Bonchev–Trinajstić information content (AvgIpc) is 2.95. The van der Waals surface area contributed by atoms with Crippen LogP contribution >= 0.6 is 0 Å². The quantitative estimate of drug-likeness (QED) is 0.724. The van der Waals surface area contributed by atoms with E-state index >= 15 is 0 Å².